The molecule has 0 bridgehead atoms. The second-order valence-electron chi connectivity index (χ2n) is 33.9. The van der Waals surface area contributed by atoms with E-state index in [0.29, 0.717) is 25.7 Å². The SMILES string of the molecule is CCCCCCCCCCCCCCCCC(=O)O[C@H](COC(=O)CCCCCCCCCCCCC(C)C)COP(=O)(O)OC[C@H](O)COP(=O)(O)OC[C@@H](COC(=O)CCCCCCCCCCCCCCCCCCCCC(C)C)OC(=O)CCCCCCCCCCCCCCCCCCCCC(C)CC. The zero-order valence-electron chi connectivity index (χ0n) is 72.7. The maximum atomic E-state index is 13.2. The van der Waals surface area contributed by atoms with Gasteiger partial charge in [0.2, 0.25) is 0 Å². The lowest BCUT2D eigenvalue weighted by Crippen LogP contribution is -2.30. The monoisotopic (exact) mass is 1610 g/mol. The summed E-state index contributed by atoms with van der Waals surface area (Å²) in [4.78, 5) is 73.4. The van der Waals surface area contributed by atoms with Gasteiger partial charge in [-0.05, 0) is 43.4 Å². The average Bonchev–Trinajstić information content (AvgIpc) is 0.900. The summed E-state index contributed by atoms with van der Waals surface area (Å²) in [5.41, 5.74) is 0. The van der Waals surface area contributed by atoms with Crippen LogP contribution in [0.3, 0.4) is 0 Å². The van der Waals surface area contributed by atoms with Crippen LogP contribution in [0.5, 0.6) is 0 Å². The van der Waals surface area contributed by atoms with Gasteiger partial charge in [-0.25, -0.2) is 9.13 Å². The van der Waals surface area contributed by atoms with E-state index in [-0.39, 0.29) is 25.7 Å². The number of unbranched alkanes of at least 4 members (excludes halogenated alkanes) is 56. The molecule has 0 rings (SSSR count). The molecule has 17 nitrogen and oxygen atoms in total. The number of aliphatic hydroxyl groups excluding tert-OH is 1. The lowest BCUT2D eigenvalue weighted by molar-refractivity contribution is -0.161. The fraction of sp³-hybridized carbons (Fsp3) is 0.956. The maximum Gasteiger partial charge on any atom is 0.472 e. The zero-order chi connectivity index (χ0) is 80.8. The van der Waals surface area contributed by atoms with Crippen LogP contribution in [0.25, 0.3) is 0 Å². The molecular formula is C91H178O17P2. The van der Waals surface area contributed by atoms with Gasteiger partial charge in [0.05, 0.1) is 26.4 Å². The third-order valence-corrected chi connectivity index (χ3v) is 23.6. The van der Waals surface area contributed by atoms with Crippen molar-refractivity contribution in [2.24, 2.45) is 17.8 Å². The van der Waals surface area contributed by atoms with Crippen LogP contribution in [0, 0.1) is 17.8 Å². The first-order chi connectivity index (χ1) is 53.3. The van der Waals surface area contributed by atoms with Crippen molar-refractivity contribution < 1.29 is 80.2 Å². The second kappa shape index (κ2) is 80.8. The minimum Gasteiger partial charge on any atom is -0.462 e. The highest BCUT2D eigenvalue weighted by atomic mass is 31.2. The van der Waals surface area contributed by atoms with Gasteiger partial charge in [-0.2, -0.15) is 0 Å². The summed E-state index contributed by atoms with van der Waals surface area (Å²) in [5.74, 6) is 0.356. The summed E-state index contributed by atoms with van der Waals surface area (Å²) in [6, 6.07) is 0. The number of phosphoric ester groups is 2. The maximum absolute atomic E-state index is 13.2. The topological polar surface area (TPSA) is 237 Å². The number of ether oxygens (including phenoxy) is 4. The summed E-state index contributed by atoms with van der Waals surface area (Å²) in [7, 11) is -9.94. The van der Waals surface area contributed by atoms with Crippen LogP contribution in [0.15, 0.2) is 0 Å². The van der Waals surface area contributed by atoms with Crippen molar-refractivity contribution in [2.45, 2.75) is 503 Å². The van der Waals surface area contributed by atoms with Crippen molar-refractivity contribution in [3.8, 4) is 0 Å². The Morgan fingerprint density at radius 1 is 0.264 bits per heavy atom. The largest absolute Gasteiger partial charge is 0.472 e. The van der Waals surface area contributed by atoms with Gasteiger partial charge in [0.25, 0.3) is 0 Å². The summed E-state index contributed by atoms with van der Waals surface area (Å²) in [5, 5.41) is 10.7. The normalized spacial score (nSPS) is 14.0. The molecule has 0 fully saturated rings. The molecule has 0 heterocycles. The molecule has 0 radical (unpaired) electrons. The van der Waals surface area contributed by atoms with Crippen molar-refractivity contribution in [1.82, 2.24) is 0 Å². The Bertz CT molecular complexity index is 2120. The van der Waals surface area contributed by atoms with Crippen molar-refractivity contribution in [3.63, 3.8) is 0 Å². The van der Waals surface area contributed by atoms with E-state index in [9.17, 15) is 43.2 Å². The third kappa shape index (κ3) is 82.6. The quantitative estimate of drug-likeness (QED) is 0.0222. The molecule has 6 atom stereocenters. The van der Waals surface area contributed by atoms with E-state index < -0.39 is 97.5 Å². The second-order valence-corrected chi connectivity index (χ2v) is 36.8. The summed E-state index contributed by atoms with van der Waals surface area (Å²) >= 11 is 0. The number of phosphoric acid groups is 2. The van der Waals surface area contributed by atoms with Gasteiger partial charge in [0.1, 0.15) is 19.3 Å². The molecule has 0 aliphatic heterocycles. The molecule has 0 saturated carbocycles. The molecule has 0 saturated heterocycles. The third-order valence-electron chi connectivity index (χ3n) is 21.7. The Hall–Kier alpha value is -1.94. The number of aliphatic hydroxyl groups is 1. The Morgan fingerprint density at radius 3 is 0.691 bits per heavy atom. The van der Waals surface area contributed by atoms with Crippen LogP contribution in [0.4, 0.5) is 0 Å². The lowest BCUT2D eigenvalue weighted by Gasteiger charge is -2.21. The standard InChI is InChI=1S/C91H178O17P2/c1-8-10-11-12-13-14-15-16-31-37-46-53-60-67-74-90(95)108-87(79-102-89(94)73-66-59-52-45-40-39-42-49-56-63-70-83(5)6)81-106-110(99,100)104-77-85(92)76-103-109(97,98)105-80-86(78-101-88(93)72-65-58-51-44-36-32-27-23-19-17-21-25-29-34-41-48-55-62-69-82(3)4)107-91(96)75-68-61-54-47-38-33-28-24-20-18-22-26-30-35-43-50-57-64-71-84(7)9-2/h82-87,92H,8-81H2,1-7H3,(H,97,98)(H,99,100)/t84?,85-,86-,87-/m1/s1. The molecular weight excluding hydrogens is 1430 g/mol. The van der Waals surface area contributed by atoms with Crippen LogP contribution in [0.1, 0.15) is 485 Å². The van der Waals surface area contributed by atoms with Crippen LogP contribution in [-0.4, -0.2) is 96.7 Å². The number of esters is 4. The van der Waals surface area contributed by atoms with Crippen LogP contribution < -0.4 is 0 Å². The van der Waals surface area contributed by atoms with Gasteiger partial charge in [-0.1, -0.05) is 434 Å². The summed E-state index contributed by atoms with van der Waals surface area (Å²) < 4.78 is 69.1. The fourth-order valence-electron chi connectivity index (χ4n) is 14.2. The van der Waals surface area contributed by atoms with Crippen LogP contribution in [-0.2, 0) is 65.4 Å². The minimum atomic E-state index is -4.97. The Labute approximate surface area is 677 Å². The number of rotatable bonds is 89. The van der Waals surface area contributed by atoms with Gasteiger partial charge >= 0.3 is 39.5 Å². The van der Waals surface area contributed by atoms with E-state index in [1.54, 1.807) is 0 Å². The van der Waals surface area contributed by atoms with E-state index in [1.807, 2.05) is 0 Å². The van der Waals surface area contributed by atoms with Crippen molar-refractivity contribution in [1.29, 1.82) is 0 Å². The highest BCUT2D eigenvalue weighted by Crippen LogP contribution is 2.45. The predicted molar refractivity (Wildman–Crippen MR) is 455 cm³/mol. The van der Waals surface area contributed by atoms with Crippen molar-refractivity contribution in [3.05, 3.63) is 0 Å². The van der Waals surface area contributed by atoms with E-state index in [2.05, 4.69) is 48.5 Å². The first kappa shape index (κ1) is 108. The van der Waals surface area contributed by atoms with Crippen LogP contribution >= 0.6 is 15.6 Å². The molecule has 654 valence electrons. The van der Waals surface area contributed by atoms with Gasteiger partial charge in [-0.15, -0.1) is 0 Å². The predicted octanol–water partition coefficient (Wildman–Crippen LogP) is 28.0. The molecule has 3 unspecified atom stereocenters. The fourth-order valence-corrected chi connectivity index (χ4v) is 15.8. The summed E-state index contributed by atoms with van der Waals surface area (Å²) in [6.45, 7) is 12.1. The minimum absolute atomic E-state index is 0.108. The Morgan fingerprint density at radius 2 is 0.464 bits per heavy atom. The van der Waals surface area contributed by atoms with Gasteiger partial charge in [-0.3, -0.25) is 37.3 Å². The molecule has 3 N–H and O–H groups in total. The van der Waals surface area contributed by atoms with E-state index in [4.69, 9.17) is 37.0 Å². The number of carbonyl (C=O) groups excluding carboxylic acids is 4. The molecule has 0 spiro atoms. The highest BCUT2D eigenvalue weighted by Gasteiger charge is 2.31. The Balaban J connectivity index is 5.24. The number of hydrogen-bond donors (Lipinski definition) is 3. The molecule has 0 aromatic rings. The lowest BCUT2D eigenvalue weighted by atomic mass is 9.99. The highest BCUT2D eigenvalue weighted by molar-refractivity contribution is 7.47. The number of hydrogen-bond acceptors (Lipinski definition) is 15. The number of carbonyl (C=O) groups is 4. The van der Waals surface area contributed by atoms with E-state index in [0.717, 1.165) is 108 Å². The summed E-state index contributed by atoms with van der Waals surface area (Å²) in [6.07, 6.45) is 73.6. The molecule has 0 aliphatic carbocycles. The van der Waals surface area contributed by atoms with Gasteiger partial charge in [0, 0.05) is 25.7 Å². The first-order valence-electron chi connectivity index (χ1n) is 46.9. The van der Waals surface area contributed by atoms with E-state index in [1.165, 1.54) is 295 Å². The Kier molecular flexibility index (Phi) is 79.4. The van der Waals surface area contributed by atoms with E-state index >= 15 is 0 Å². The van der Waals surface area contributed by atoms with Gasteiger partial charge in [0.15, 0.2) is 12.2 Å². The molecule has 0 aromatic carbocycles. The zero-order valence-corrected chi connectivity index (χ0v) is 74.5. The smallest absolute Gasteiger partial charge is 0.462 e. The molecule has 0 aromatic heterocycles. The molecule has 110 heavy (non-hydrogen) atoms. The van der Waals surface area contributed by atoms with Gasteiger partial charge < -0.3 is 33.8 Å². The van der Waals surface area contributed by atoms with Crippen LogP contribution in [0.2, 0.25) is 0 Å². The average molecular weight is 1610 g/mol. The molecule has 19 heteroatoms. The first-order valence-corrected chi connectivity index (χ1v) is 49.9. The van der Waals surface area contributed by atoms with Crippen molar-refractivity contribution >= 4 is 39.5 Å². The van der Waals surface area contributed by atoms with Crippen molar-refractivity contribution in [2.75, 3.05) is 39.6 Å². The molecule has 0 amide bonds. The molecule has 0 aliphatic rings.